The minimum atomic E-state index is -4.45. The van der Waals surface area contributed by atoms with E-state index >= 15 is 0 Å². The molecule has 11 nitrogen and oxygen atoms in total. The van der Waals surface area contributed by atoms with Gasteiger partial charge in [-0.15, -0.1) is 0 Å². The van der Waals surface area contributed by atoms with Crippen molar-refractivity contribution in [1.29, 1.82) is 0 Å². The molecule has 4 rings (SSSR count). The zero-order valence-electron chi connectivity index (χ0n) is 25.9. The second-order valence-electron chi connectivity index (χ2n) is 9.95. The Labute approximate surface area is 271 Å². The van der Waals surface area contributed by atoms with Crippen molar-refractivity contribution in [1.82, 2.24) is 5.32 Å². The number of halogens is 3. The number of para-hydroxylation sites is 2. The largest absolute Gasteiger partial charge is 0.487 e. The van der Waals surface area contributed by atoms with Gasteiger partial charge in [-0.3, -0.25) is 0 Å². The second-order valence-corrected chi connectivity index (χ2v) is 9.95. The topological polar surface area (TPSA) is 115 Å². The third-order valence-electron chi connectivity index (χ3n) is 6.47. The molecule has 0 radical (unpaired) electrons. The maximum Gasteiger partial charge on any atom is 0.416 e. The predicted molar refractivity (Wildman–Crippen MR) is 165 cm³/mol. The van der Waals surface area contributed by atoms with Gasteiger partial charge in [-0.25, -0.2) is 4.79 Å². The molecule has 3 aromatic rings. The van der Waals surface area contributed by atoms with Crippen molar-refractivity contribution in [3.05, 3.63) is 77.9 Å². The van der Waals surface area contributed by atoms with E-state index in [0.717, 1.165) is 12.1 Å². The first-order valence-electron chi connectivity index (χ1n) is 15.1. The molecular formula is C33H39F3N2O9. The van der Waals surface area contributed by atoms with Crippen molar-refractivity contribution in [2.45, 2.75) is 12.7 Å². The molecule has 0 aromatic heterocycles. The van der Waals surface area contributed by atoms with Crippen LogP contribution in [0.3, 0.4) is 0 Å². The van der Waals surface area contributed by atoms with Crippen LogP contribution in [-0.4, -0.2) is 85.3 Å². The predicted octanol–water partition coefficient (Wildman–Crippen LogP) is 5.32. The highest BCUT2D eigenvalue weighted by atomic mass is 19.4. The number of urea groups is 1. The average molecular weight is 665 g/mol. The van der Waals surface area contributed by atoms with Gasteiger partial charge in [-0.05, 0) is 54.1 Å². The van der Waals surface area contributed by atoms with Crippen LogP contribution in [0.5, 0.6) is 23.0 Å². The number of carbonyl (C=O) groups is 1. The molecule has 0 saturated heterocycles. The third kappa shape index (κ3) is 13.2. The molecule has 0 unspecified atom stereocenters. The van der Waals surface area contributed by atoms with Gasteiger partial charge in [0.1, 0.15) is 26.4 Å². The Hall–Kier alpha value is -4.24. The Balaban J connectivity index is 1.26. The van der Waals surface area contributed by atoms with E-state index in [1.54, 1.807) is 18.2 Å². The van der Waals surface area contributed by atoms with E-state index in [0.29, 0.717) is 94.6 Å². The lowest BCUT2D eigenvalue weighted by Crippen LogP contribution is -2.28. The van der Waals surface area contributed by atoms with Crippen molar-refractivity contribution < 1.29 is 55.9 Å². The minimum Gasteiger partial charge on any atom is -0.487 e. The van der Waals surface area contributed by atoms with Gasteiger partial charge in [0.15, 0.2) is 23.0 Å². The van der Waals surface area contributed by atoms with Crippen molar-refractivity contribution in [3.8, 4) is 23.0 Å². The summed E-state index contributed by atoms with van der Waals surface area (Å²) in [7, 11) is 0. The monoisotopic (exact) mass is 664 g/mol. The first kappa shape index (κ1) is 35.6. The third-order valence-corrected chi connectivity index (χ3v) is 6.47. The number of nitrogens with one attached hydrogen (secondary N) is 2. The van der Waals surface area contributed by atoms with Gasteiger partial charge in [0, 0.05) is 12.2 Å². The fourth-order valence-electron chi connectivity index (χ4n) is 4.17. The summed E-state index contributed by atoms with van der Waals surface area (Å²) < 4.78 is 84.2. The minimum absolute atomic E-state index is 0.125. The highest BCUT2D eigenvalue weighted by Gasteiger charge is 2.30. The summed E-state index contributed by atoms with van der Waals surface area (Å²) in [5, 5.41) is 5.20. The summed E-state index contributed by atoms with van der Waals surface area (Å²) in [5.41, 5.74) is 0.135. The highest BCUT2D eigenvalue weighted by Crippen LogP contribution is 2.30. The number of anilines is 1. The van der Waals surface area contributed by atoms with Gasteiger partial charge >= 0.3 is 12.2 Å². The maximum absolute atomic E-state index is 12.8. The normalized spacial score (nSPS) is 16.3. The Morgan fingerprint density at radius 3 is 1.51 bits per heavy atom. The lowest BCUT2D eigenvalue weighted by atomic mass is 10.2. The van der Waals surface area contributed by atoms with Crippen molar-refractivity contribution in [3.63, 3.8) is 0 Å². The van der Waals surface area contributed by atoms with Crippen LogP contribution in [0.25, 0.3) is 0 Å². The number of hydrogen-bond donors (Lipinski definition) is 2. The van der Waals surface area contributed by atoms with Gasteiger partial charge in [0.05, 0.1) is 58.4 Å². The molecule has 0 atom stereocenters. The van der Waals surface area contributed by atoms with E-state index in [4.69, 9.17) is 37.9 Å². The van der Waals surface area contributed by atoms with Gasteiger partial charge in [0.25, 0.3) is 0 Å². The SMILES string of the molecule is O=C(NCc1ccc2c(c1)OCCOCCOCCOc1ccccc1OCCOCCOCCO2)Nc1ccc(C(F)(F)F)cc1. The smallest absolute Gasteiger partial charge is 0.416 e. The molecule has 2 N–H and O–H groups in total. The molecule has 256 valence electrons. The number of alkyl halides is 3. The van der Waals surface area contributed by atoms with Crippen LogP contribution in [0.4, 0.5) is 23.7 Å². The molecule has 1 aliphatic heterocycles. The van der Waals surface area contributed by atoms with Crippen LogP contribution >= 0.6 is 0 Å². The van der Waals surface area contributed by atoms with E-state index in [9.17, 15) is 18.0 Å². The standard InChI is InChI=1S/C33H39F3N2O9/c34-33(35,36)26-6-8-27(9-7-26)38-32(39)37-24-25-5-10-30-31(23-25)47-22-18-43-14-13-41-16-20-45-29-4-2-1-3-28(29)44-19-15-40-11-12-42-17-21-46-30/h1-10,23H,11-22,24H2,(H2,37,38,39). The van der Waals surface area contributed by atoms with Crippen molar-refractivity contribution in [2.75, 3.05) is 84.6 Å². The van der Waals surface area contributed by atoms with Crippen LogP contribution < -0.4 is 29.6 Å². The molecule has 47 heavy (non-hydrogen) atoms. The summed E-state index contributed by atoms with van der Waals surface area (Å²) in [6, 6.07) is 16.2. The van der Waals surface area contributed by atoms with Crippen LogP contribution in [-0.2, 0) is 31.7 Å². The Morgan fingerprint density at radius 1 is 0.574 bits per heavy atom. The molecule has 14 heteroatoms. The number of fused-ring (bicyclic) bond motifs is 2. The van der Waals surface area contributed by atoms with E-state index in [1.807, 2.05) is 24.3 Å². The number of carbonyl (C=O) groups excluding carboxylic acids is 1. The first-order valence-corrected chi connectivity index (χ1v) is 15.1. The molecule has 0 aliphatic carbocycles. The number of amides is 2. The molecule has 0 bridgehead atoms. The Bertz CT molecular complexity index is 1360. The van der Waals surface area contributed by atoms with E-state index in [2.05, 4.69) is 10.6 Å². The quantitative estimate of drug-likeness (QED) is 0.384. The second kappa shape index (κ2) is 19.4. The summed E-state index contributed by atoms with van der Waals surface area (Å²) in [5.74, 6) is 2.19. The average Bonchev–Trinajstić information content (AvgIpc) is 3.06. The van der Waals surface area contributed by atoms with Gasteiger partial charge in [0.2, 0.25) is 0 Å². The lowest BCUT2D eigenvalue weighted by molar-refractivity contribution is -0.137. The van der Waals surface area contributed by atoms with E-state index in [1.165, 1.54) is 12.1 Å². The summed E-state index contributed by atoms with van der Waals surface area (Å²) in [4.78, 5) is 12.4. The van der Waals surface area contributed by atoms with Gasteiger partial charge in [-0.2, -0.15) is 13.2 Å². The number of ether oxygens (including phenoxy) is 8. The van der Waals surface area contributed by atoms with Gasteiger partial charge in [-0.1, -0.05) is 18.2 Å². The molecule has 3 aromatic carbocycles. The fourth-order valence-corrected chi connectivity index (χ4v) is 4.17. The van der Waals surface area contributed by atoms with E-state index < -0.39 is 17.8 Å². The molecule has 0 fully saturated rings. The lowest BCUT2D eigenvalue weighted by Gasteiger charge is -2.16. The van der Waals surface area contributed by atoms with Crippen LogP contribution in [0, 0.1) is 0 Å². The Kier molecular flexibility index (Phi) is 14.7. The van der Waals surface area contributed by atoms with Crippen LogP contribution in [0.15, 0.2) is 66.7 Å². The van der Waals surface area contributed by atoms with Crippen molar-refractivity contribution >= 4 is 11.7 Å². The summed E-state index contributed by atoms with van der Waals surface area (Å²) in [6.45, 7) is 4.21. The maximum atomic E-state index is 12.8. The molecule has 0 spiro atoms. The molecule has 1 heterocycles. The highest BCUT2D eigenvalue weighted by molar-refractivity contribution is 5.89. The molecule has 2 amide bonds. The van der Waals surface area contributed by atoms with E-state index in [-0.39, 0.29) is 25.4 Å². The Morgan fingerprint density at radius 2 is 1.02 bits per heavy atom. The van der Waals surface area contributed by atoms with Gasteiger partial charge < -0.3 is 48.5 Å². The van der Waals surface area contributed by atoms with Crippen molar-refractivity contribution in [2.24, 2.45) is 0 Å². The molecular weight excluding hydrogens is 625 g/mol. The number of hydrogen-bond acceptors (Lipinski definition) is 9. The first-order chi connectivity index (χ1) is 22.9. The zero-order valence-corrected chi connectivity index (χ0v) is 25.9. The number of rotatable bonds is 3. The molecule has 0 saturated carbocycles. The number of benzene rings is 3. The fraction of sp³-hybridized carbons (Fsp3) is 0.424. The van der Waals surface area contributed by atoms with Crippen LogP contribution in [0.2, 0.25) is 0 Å². The summed E-state index contributed by atoms with van der Waals surface area (Å²) in [6.07, 6.45) is -4.45. The summed E-state index contributed by atoms with van der Waals surface area (Å²) >= 11 is 0. The van der Waals surface area contributed by atoms with Crippen LogP contribution in [0.1, 0.15) is 11.1 Å². The zero-order chi connectivity index (χ0) is 33.2. The molecule has 1 aliphatic rings.